The lowest BCUT2D eigenvalue weighted by Gasteiger charge is -2.07. The molecule has 0 fully saturated rings. The predicted molar refractivity (Wildman–Crippen MR) is 48.0 cm³/mol. The zero-order valence-corrected chi connectivity index (χ0v) is 7.35. The molecule has 0 radical (unpaired) electrons. The lowest BCUT2D eigenvalue weighted by Crippen LogP contribution is -1.93. The lowest BCUT2D eigenvalue weighted by atomic mass is 9.98. The second-order valence-electron chi connectivity index (χ2n) is 2.78. The molecule has 1 unspecified atom stereocenters. The summed E-state index contributed by atoms with van der Waals surface area (Å²) in [6, 6.07) is 0. The van der Waals surface area contributed by atoms with Gasteiger partial charge in [0.05, 0.1) is 0 Å². The summed E-state index contributed by atoms with van der Waals surface area (Å²) >= 11 is 0. The van der Waals surface area contributed by atoms with Gasteiger partial charge in [0.15, 0.2) is 0 Å². The Kier molecular flexibility index (Phi) is 5.00. The largest absolute Gasteiger partial charge is 0.103 e. The zero-order valence-electron chi connectivity index (χ0n) is 7.35. The lowest BCUT2D eigenvalue weighted by molar-refractivity contribution is 0.691. The van der Waals surface area contributed by atoms with E-state index < -0.39 is 0 Å². The highest BCUT2D eigenvalue weighted by Crippen LogP contribution is 2.14. The minimum Gasteiger partial charge on any atom is -0.103 e. The van der Waals surface area contributed by atoms with Crippen LogP contribution in [0.4, 0.5) is 0 Å². The fourth-order valence-electron chi connectivity index (χ4n) is 0.959. The highest BCUT2D eigenvalue weighted by Gasteiger charge is 1.99. The van der Waals surface area contributed by atoms with Crippen LogP contribution in [-0.4, -0.2) is 0 Å². The first-order valence-electron chi connectivity index (χ1n) is 3.99. The molecule has 0 heteroatoms. The Balaban J connectivity index is 3.79. The van der Waals surface area contributed by atoms with E-state index in [1.54, 1.807) is 0 Å². The predicted octanol–water partition coefficient (Wildman–Crippen LogP) is 3.55. The van der Waals surface area contributed by atoms with Crippen molar-refractivity contribution in [3.05, 3.63) is 24.3 Å². The average Bonchev–Trinajstić information content (AvgIpc) is 1.89. The molecule has 10 heavy (non-hydrogen) atoms. The highest BCUT2D eigenvalue weighted by molar-refractivity contribution is 5.03. The third-order valence-corrected chi connectivity index (χ3v) is 1.82. The molecule has 0 amide bonds. The first kappa shape index (κ1) is 9.48. The number of hydrogen-bond donors (Lipinski definition) is 0. The monoisotopic (exact) mass is 138 g/mol. The molecule has 0 nitrogen and oxygen atoms in total. The van der Waals surface area contributed by atoms with Crippen LogP contribution in [0, 0.1) is 5.92 Å². The van der Waals surface area contributed by atoms with Crippen molar-refractivity contribution in [3.8, 4) is 0 Å². The number of allylic oxidation sites excluding steroid dienone is 3. The summed E-state index contributed by atoms with van der Waals surface area (Å²) in [4.78, 5) is 0. The van der Waals surface area contributed by atoms with Crippen molar-refractivity contribution >= 4 is 0 Å². The van der Waals surface area contributed by atoms with E-state index in [1.165, 1.54) is 5.57 Å². The van der Waals surface area contributed by atoms with E-state index in [0.717, 1.165) is 12.8 Å². The van der Waals surface area contributed by atoms with Crippen molar-refractivity contribution < 1.29 is 0 Å². The van der Waals surface area contributed by atoms with Crippen LogP contribution < -0.4 is 0 Å². The van der Waals surface area contributed by atoms with Gasteiger partial charge in [-0.3, -0.25) is 0 Å². The Morgan fingerprint density at radius 3 is 2.60 bits per heavy atom. The van der Waals surface area contributed by atoms with Gasteiger partial charge in [0.2, 0.25) is 0 Å². The molecule has 0 aromatic heterocycles. The third-order valence-electron chi connectivity index (χ3n) is 1.82. The van der Waals surface area contributed by atoms with E-state index in [1.807, 2.05) is 6.08 Å². The van der Waals surface area contributed by atoms with E-state index in [-0.39, 0.29) is 0 Å². The van der Waals surface area contributed by atoms with Gasteiger partial charge in [-0.25, -0.2) is 0 Å². The Labute approximate surface area is 64.6 Å². The summed E-state index contributed by atoms with van der Waals surface area (Å²) in [5.74, 6) is 0.678. The normalized spacial score (nSPS) is 14.9. The van der Waals surface area contributed by atoms with Gasteiger partial charge in [0.1, 0.15) is 0 Å². The Morgan fingerprint density at radius 1 is 1.60 bits per heavy atom. The molecule has 0 rings (SSSR count). The van der Waals surface area contributed by atoms with Crippen molar-refractivity contribution in [3.63, 3.8) is 0 Å². The minimum atomic E-state index is 0.678. The van der Waals surface area contributed by atoms with Crippen molar-refractivity contribution in [1.82, 2.24) is 0 Å². The zero-order chi connectivity index (χ0) is 7.98. The molecule has 0 saturated heterocycles. The van der Waals surface area contributed by atoms with Gasteiger partial charge in [0, 0.05) is 0 Å². The van der Waals surface area contributed by atoms with Crippen LogP contribution in [0.1, 0.15) is 33.6 Å². The van der Waals surface area contributed by atoms with Crippen LogP contribution in [0.5, 0.6) is 0 Å². The first-order valence-corrected chi connectivity index (χ1v) is 3.99. The smallest absolute Gasteiger partial charge is 0.0200 e. The fourth-order valence-corrected chi connectivity index (χ4v) is 0.959. The first-order chi connectivity index (χ1) is 4.72. The molecule has 1 atom stereocenters. The van der Waals surface area contributed by atoms with Crippen molar-refractivity contribution in [1.29, 1.82) is 0 Å². The molecule has 0 aliphatic rings. The summed E-state index contributed by atoms with van der Waals surface area (Å²) in [6.07, 6.45) is 6.52. The van der Waals surface area contributed by atoms with Crippen LogP contribution >= 0.6 is 0 Å². The fraction of sp³-hybridized carbons (Fsp3) is 0.600. The quantitative estimate of drug-likeness (QED) is 0.521. The second-order valence-corrected chi connectivity index (χ2v) is 2.78. The van der Waals surface area contributed by atoms with E-state index in [9.17, 15) is 0 Å². The maximum Gasteiger partial charge on any atom is -0.0200 e. The second kappa shape index (κ2) is 5.28. The summed E-state index contributed by atoms with van der Waals surface area (Å²) in [5, 5.41) is 0. The summed E-state index contributed by atoms with van der Waals surface area (Å²) < 4.78 is 0. The van der Waals surface area contributed by atoms with E-state index in [2.05, 4.69) is 33.4 Å². The molecule has 58 valence electrons. The molecule has 0 aliphatic carbocycles. The van der Waals surface area contributed by atoms with Crippen LogP contribution in [-0.2, 0) is 0 Å². The average molecular weight is 138 g/mol. The molecule has 0 heterocycles. The minimum absolute atomic E-state index is 0.678. The van der Waals surface area contributed by atoms with Gasteiger partial charge in [0.25, 0.3) is 0 Å². The molecule has 0 N–H and O–H groups in total. The third kappa shape index (κ3) is 3.49. The van der Waals surface area contributed by atoms with Gasteiger partial charge in [-0.1, -0.05) is 31.6 Å². The van der Waals surface area contributed by atoms with Gasteiger partial charge < -0.3 is 0 Å². The molecule has 0 saturated carbocycles. The maximum absolute atomic E-state index is 3.72. The van der Waals surface area contributed by atoms with Crippen LogP contribution in [0.2, 0.25) is 0 Å². The molecular formula is C10H18. The van der Waals surface area contributed by atoms with Crippen molar-refractivity contribution in [2.75, 3.05) is 0 Å². The van der Waals surface area contributed by atoms with E-state index in [4.69, 9.17) is 0 Å². The Hall–Kier alpha value is -0.520. The summed E-state index contributed by atoms with van der Waals surface area (Å²) in [7, 11) is 0. The van der Waals surface area contributed by atoms with Crippen LogP contribution in [0.15, 0.2) is 24.3 Å². The molecule has 0 bridgehead atoms. The van der Waals surface area contributed by atoms with Crippen LogP contribution in [0.25, 0.3) is 0 Å². The maximum atomic E-state index is 3.72. The molecule has 0 aromatic carbocycles. The topological polar surface area (TPSA) is 0 Å². The van der Waals surface area contributed by atoms with Gasteiger partial charge >= 0.3 is 0 Å². The molecule has 0 spiro atoms. The SMILES string of the molecule is C=CCC(C)/C(C)=C\CC. The van der Waals surface area contributed by atoms with Crippen molar-refractivity contribution in [2.45, 2.75) is 33.6 Å². The van der Waals surface area contributed by atoms with Crippen LogP contribution in [0.3, 0.4) is 0 Å². The molecule has 0 aliphatic heterocycles. The van der Waals surface area contributed by atoms with E-state index >= 15 is 0 Å². The molecular weight excluding hydrogens is 120 g/mol. The van der Waals surface area contributed by atoms with Gasteiger partial charge in [-0.2, -0.15) is 0 Å². The number of hydrogen-bond acceptors (Lipinski definition) is 0. The summed E-state index contributed by atoms with van der Waals surface area (Å²) in [6.45, 7) is 10.3. The van der Waals surface area contributed by atoms with Gasteiger partial charge in [-0.05, 0) is 25.7 Å². The summed E-state index contributed by atoms with van der Waals surface area (Å²) in [5.41, 5.74) is 1.49. The highest BCUT2D eigenvalue weighted by atomic mass is 14.0. The molecule has 0 aromatic rings. The Morgan fingerprint density at radius 2 is 2.20 bits per heavy atom. The van der Waals surface area contributed by atoms with Crippen molar-refractivity contribution in [2.24, 2.45) is 5.92 Å². The van der Waals surface area contributed by atoms with E-state index in [0.29, 0.717) is 5.92 Å². The van der Waals surface area contributed by atoms with Gasteiger partial charge in [-0.15, -0.1) is 6.58 Å². The Bertz CT molecular complexity index is 120. The number of rotatable bonds is 4. The standard InChI is InChI=1S/C10H18/c1-5-7-9(3)10(4)8-6-2/h5,8-9H,1,6-7H2,2-4H3/b10-8-.